The number of aliphatic hydroxyl groups excluding tert-OH is 1. The van der Waals surface area contributed by atoms with E-state index in [4.69, 9.17) is 9.47 Å². The summed E-state index contributed by atoms with van der Waals surface area (Å²) in [4.78, 5) is 26.2. The number of rotatable bonds is 5. The van der Waals surface area contributed by atoms with Crippen LogP contribution in [0.1, 0.15) is 49.1 Å². The van der Waals surface area contributed by atoms with Gasteiger partial charge in [-0.1, -0.05) is 48.5 Å². The second-order valence-electron chi connectivity index (χ2n) is 9.43. The average molecular weight is 449 g/mol. The fourth-order valence-electron chi connectivity index (χ4n) is 5.12. The first-order valence-corrected chi connectivity index (χ1v) is 11.2. The van der Waals surface area contributed by atoms with Gasteiger partial charge in [0, 0.05) is 24.1 Å². The Morgan fingerprint density at radius 2 is 1.70 bits per heavy atom. The van der Waals surface area contributed by atoms with Gasteiger partial charge in [0.15, 0.2) is 0 Å². The zero-order chi connectivity index (χ0) is 23.3. The summed E-state index contributed by atoms with van der Waals surface area (Å²) in [5, 5.41) is 10.6. The summed E-state index contributed by atoms with van der Waals surface area (Å²) in [6.45, 7) is 5.93. The molecule has 0 spiro atoms. The van der Waals surface area contributed by atoms with Crippen LogP contribution in [0.2, 0.25) is 0 Å². The van der Waals surface area contributed by atoms with Crippen molar-refractivity contribution >= 4 is 0 Å². The van der Waals surface area contributed by atoms with Gasteiger partial charge in [-0.2, -0.15) is 0 Å². The molecule has 5 rings (SSSR count). The first kappa shape index (κ1) is 21.8. The van der Waals surface area contributed by atoms with E-state index in [0.29, 0.717) is 5.56 Å². The Labute approximate surface area is 191 Å². The van der Waals surface area contributed by atoms with E-state index in [0.717, 1.165) is 0 Å². The molecule has 7 nitrogen and oxygen atoms in total. The molecular formula is C26H28N2O5. The number of aromatic nitrogens is 2. The van der Waals surface area contributed by atoms with E-state index in [1.54, 1.807) is 6.92 Å². The summed E-state index contributed by atoms with van der Waals surface area (Å²) in [6, 6.07) is 16.8. The van der Waals surface area contributed by atoms with Crippen molar-refractivity contribution < 1.29 is 14.6 Å². The third kappa shape index (κ3) is 3.76. The van der Waals surface area contributed by atoms with Gasteiger partial charge >= 0.3 is 5.69 Å². The smallest absolute Gasteiger partial charge is 0.330 e. The predicted octanol–water partition coefficient (Wildman–Crippen LogP) is 3.10. The number of hydrogen-bond acceptors (Lipinski definition) is 5. The van der Waals surface area contributed by atoms with Crippen LogP contribution in [-0.2, 0) is 9.47 Å². The van der Waals surface area contributed by atoms with Crippen molar-refractivity contribution in [3.05, 3.63) is 92.3 Å². The second kappa shape index (κ2) is 8.09. The highest BCUT2D eigenvalue weighted by molar-refractivity contribution is 5.79. The number of nitrogens with one attached hydrogen (secondary N) is 1. The molecule has 0 bridgehead atoms. The SMILES string of the molecule is Cc1cn([C@H]2C[C@H](O)[C@@H](COC(C)(C)C3c4ccccc4-c4ccccc43)O2)c(=O)[nH]c1=O. The van der Waals surface area contributed by atoms with E-state index < -0.39 is 35.3 Å². The molecule has 7 heteroatoms. The zero-order valence-corrected chi connectivity index (χ0v) is 18.9. The number of aromatic amines is 1. The normalized spacial score (nSPS) is 22.4. The highest BCUT2D eigenvalue weighted by atomic mass is 16.6. The maximum absolute atomic E-state index is 12.2. The van der Waals surface area contributed by atoms with Crippen molar-refractivity contribution in [1.82, 2.24) is 9.55 Å². The van der Waals surface area contributed by atoms with Crippen LogP contribution in [0, 0.1) is 6.92 Å². The summed E-state index contributed by atoms with van der Waals surface area (Å²) in [5.41, 5.74) is 3.77. The summed E-state index contributed by atoms with van der Waals surface area (Å²) >= 11 is 0. The molecule has 0 unspecified atom stereocenters. The number of H-pyrrole nitrogens is 1. The van der Waals surface area contributed by atoms with Crippen molar-refractivity contribution in [2.75, 3.05) is 6.61 Å². The molecule has 3 aromatic rings. The molecule has 172 valence electrons. The molecule has 2 aromatic carbocycles. The van der Waals surface area contributed by atoms with Gasteiger partial charge in [-0.3, -0.25) is 14.3 Å². The lowest BCUT2D eigenvalue weighted by atomic mass is 9.82. The van der Waals surface area contributed by atoms with Crippen molar-refractivity contribution in [3.63, 3.8) is 0 Å². The first-order valence-electron chi connectivity index (χ1n) is 11.2. The molecule has 2 N–H and O–H groups in total. The fraction of sp³-hybridized carbons (Fsp3) is 0.385. The van der Waals surface area contributed by atoms with Gasteiger partial charge in [0.05, 0.1) is 18.3 Å². The van der Waals surface area contributed by atoms with Crippen LogP contribution < -0.4 is 11.2 Å². The monoisotopic (exact) mass is 448 g/mol. The Morgan fingerprint density at radius 1 is 1.09 bits per heavy atom. The number of aryl methyl sites for hydroxylation is 1. The lowest BCUT2D eigenvalue weighted by Gasteiger charge is -2.34. The molecule has 1 fully saturated rings. The molecule has 1 aliphatic heterocycles. The Hall–Kier alpha value is -3.00. The first-order chi connectivity index (χ1) is 15.8. The van der Waals surface area contributed by atoms with Gasteiger partial charge < -0.3 is 14.6 Å². The maximum Gasteiger partial charge on any atom is 0.330 e. The number of benzene rings is 2. The summed E-state index contributed by atoms with van der Waals surface area (Å²) in [5.74, 6) is 0.0451. The number of fused-ring (bicyclic) bond motifs is 3. The molecule has 1 aliphatic carbocycles. The second-order valence-corrected chi connectivity index (χ2v) is 9.43. The predicted molar refractivity (Wildman–Crippen MR) is 124 cm³/mol. The van der Waals surface area contributed by atoms with Gasteiger partial charge in [0.2, 0.25) is 0 Å². The van der Waals surface area contributed by atoms with Gasteiger partial charge in [-0.15, -0.1) is 0 Å². The largest absolute Gasteiger partial charge is 0.390 e. The molecular weight excluding hydrogens is 420 g/mol. The lowest BCUT2D eigenvalue weighted by Crippen LogP contribution is -2.38. The van der Waals surface area contributed by atoms with E-state index in [1.165, 1.54) is 33.0 Å². The highest BCUT2D eigenvalue weighted by Gasteiger charge is 2.42. The van der Waals surface area contributed by atoms with E-state index in [1.807, 2.05) is 12.1 Å². The Kier molecular flexibility index (Phi) is 5.35. The van der Waals surface area contributed by atoms with Crippen LogP contribution in [0.3, 0.4) is 0 Å². The number of ether oxygens (including phenoxy) is 2. The standard InChI is InChI=1S/C26H28N2O5/c1-15-13-28(25(31)27-24(15)30)22-12-20(29)21(33-22)14-32-26(2,3)23-18-10-6-4-8-16(18)17-9-5-7-11-19(17)23/h4-11,13,20-23,29H,12,14H2,1-3H3,(H,27,30,31)/t20-,21+,22+/m0/s1. The topological polar surface area (TPSA) is 93.6 Å². The Morgan fingerprint density at radius 3 is 2.33 bits per heavy atom. The number of nitrogens with zero attached hydrogens (tertiary/aromatic N) is 1. The van der Waals surface area contributed by atoms with Gasteiger partial charge in [-0.25, -0.2) is 4.79 Å². The summed E-state index contributed by atoms with van der Waals surface area (Å²) in [6.07, 6.45) is -0.311. The van der Waals surface area contributed by atoms with Crippen LogP contribution in [-0.4, -0.2) is 39.1 Å². The molecule has 0 radical (unpaired) electrons. The minimum Gasteiger partial charge on any atom is -0.390 e. The number of aliphatic hydroxyl groups is 1. The van der Waals surface area contributed by atoms with Crippen LogP contribution in [0.4, 0.5) is 0 Å². The fourth-order valence-corrected chi connectivity index (χ4v) is 5.12. The van der Waals surface area contributed by atoms with Crippen LogP contribution >= 0.6 is 0 Å². The van der Waals surface area contributed by atoms with Crippen LogP contribution in [0.25, 0.3) is 11.1 Å². The molecule has 1 saturated heterocycles. The lowest BCUT2D eigenvalue weighted by molar-refractivity contribution is -0.109. The molecule has 3 atom stereocenters. The molecule has 2 aliphatic rings. The summed E-state index contributed by atoms with van der Waals surface area (Å²) < 4.78 is 13.7. The van der Waals surface area contributed by atoms with E-state index in [9.17, 15) is 14.7 Å². The maximum atomic E-state index is 12.2. The van der Waals surface area contributed by atoms with E-state index in [2.05, 4.69) is 55.2 Å². The van der Waals surface area contributed by atoms with Crippen LogP contribution in [0.15, 0.2) is 64.3 Å². The Balaban J connectivity index is 1.35. The molecule has 0 saturated carbocycles. The molecule has 1 aromatic heterocycles. The van der Waals surface area contributed by atoms with Crippen molar-refractivity contribution in [1.29, 1.82) is 0 Å². The minimum absolute atomic E-state index is 0.0451. The Bertz CT molecular complexity index is 1260. The highest BCUT2D eigenvalue weighted by Crippen LogP contribution is 2.50. The third-order valence-electron chi connectivity index (χ3n) is 6.81. The van der Waals surface area contributed by atoms with Crippen LogP contribution in [0.5, 0.6) is 0 Å². The third-order valence-corrected chi connectivity index (χ3v) is 6.81. The minimum atomic E-state index is -0.784. The zero-order valence-electron chi connectivity index (χ0n) is 18.9. The molecule has 2 heterocycles. The van der Waals surface area contributed by atoms with E-state index >= 15 is 0 Å². The van der Waals surface area contributed by atoms with E-state index in [-0.39, 0.29) is 18.9 Å². The quantitative estimate of drug-likeness (QED) is 0.626. The van der Waals surface area contributed by atoms with Gasteiger partial charge in [-0.05, 0) is 43.0 Å². The van der Waals surface area contributed by atoms with Crippen molar-refractivity contribution in [3.8, 4) is 11.1 Å². The molecule has 0 amide bonds. The van der Waals surface area contributed by atoms with Gasteiger partial charge in [0.25, 0.3) is 5.56 Å². The molecule has 33 heavy (non-hydrogen) atoms. The number of hydrogen-bond donors (Lipinski definition) is 2. The van der Waals surface area contributed by atoms with Crippen molar-refractivity contribution in [2.45, 2.75) is 57.1 Å². The average Bonchev–Trinajstić information content (AvgIpc) is 3.33. The van der Waals surface area contributed by atoms with Crippen molar-refractivity contribution in [2.24, 2.45) is 0 Å². The van der Waals surface area contributed by atoms with Gasteiger partial charge in [0.1, 0.15) is 12.3 Å². The summed E-state index contributed by atoms with van der Waals surface area (Å²) in [7, 11) is 0.